The molecular weight excluding hydrogens is 224 g/mol. The molecule has 2 unspecified atom stereocenters. The van der Waals surface area contributed by atoms with Crippen LogP contribution >= 0.6 is 0 Å². The zero-order valence-corrected chi connectivity index (χ0v) is 12.2. The molecule has 3 heteroatoms. The molecule has 104 valence electrons. The lowest BCUT2D eigenvalue weighted by molar-refractivity contribution is -0.132. The van der Waals surface area contributed by atoms with Crippen LogP contribution < -0.4 is 5.32 Å². The molecule has 0 aromatic rings. The van der Waals surface area contributed by atoms with Crippen LogP contribution in [0.5, 0.6) is 0 Å². The quantitative estimate of drug-likeness (QED) is 0.834. The lowest BCUT2D eigenvalue weighted by Crippen LogP contribution is -2.43. The largest absolute Gasteiger partial charge is 0.326 e. The molecule has 1 amide bonds. The van der Waals surface area contributed by atoms with Crippen LogP contribution in [-0.2, 0) is 4.79 Å². The van der Waals surface area contributed by atoms with Crippen LogP contribution in [0.1, 0.15) is 65.7 Å². The van der Waals surface area contributed by atoms with Gasteiger partial charge in [-0.1, -0.05) is 40.0 Å². The molecule has 3 nitrogen and oxygen atoms in total. The number of carbonyl (C=O) groups excluding carboxylic acids is 1. The molecule has 0 radical (unpaired) electrons. The molecule has 2 aliphatic rings. The van der Waals surface area contributed by atoms with Crippen molar-refractivity contribution in [3.05, 3.63) is 0 Å². The van der Waals surface area contributed by atoms with Crippen LogP contribution in [0, 0.1) is 5.41 Å². The highest BCUT2D eigenvalue weighted by Gasteiger charge is 2.38. The molecule has 2 fully saturated rings. The maximum absolute atomic E-state index is 12.4. The number of hydrogen-bond acceptors (Lipinski definition) is 2. The highest BCUT2D eigenvalue weighted by Crippen LogP contribution is 2.37. The summed E-state index contributed by atoms with van der Waals surface area (Å²) in [5.41, 5.74) is 0.407. The van der Waals surface area contributed by atoms with Crippen LogP contribution in [0.2, 0.25) is 0 Å². The van der Waals surface area contributed by atoms with Gasteiger partial charge in [-0.15, -0.1) is 0 Å². The first kappa shape index (κ1) is 13.9. The Labute approximate surface area is 111 Å². The van der Waals surface area contributed by atoms with Crippen molar-refractivity contribution in [1.82, 2.24) is 10.2 Å². The fourth-order valence-electron chi connectivity index (χ4n) is 3.44. The summed E-state index contributed by atoms with van der Waals surface area (Å²) in [6, 6.07) is 0.565. The zero-order chi connectivity index (χ0) is 13.2. The van der Waals surface area contributed by atoms with Gasteiger partial charge in [0, 0.05) is 6.04 Å². The summed E-state index contributed by atoms with van der Waals surface area (Å²) >= 11 is 0. The number of nitrogens with zero attached hydrogens (tertiary/aromatic N) is 1. The molecule has 1 saturated heterocycles. The third-order valence-corrected chi connectivity index (χ3v) is 4.56. The molecular formula is C15H28N2O. The number of unbranched alkanes of at least 4 members (excludes halogenated alkanes) is 1. The van der Waals surface area contributed by atoms with Crippen LogP contribution in [0.25, 0.3) is 0 Å². The minimum Gasteiger partial charge on any atom is -0.326 e. The van der Waals surface area contributed by atoms with Crippen molar-refractivity contribution in [2.45, 2.75) is 77.8 Å². The van der Waals surface area contributed by atoms with Gasteiger partial charge < -0.3 is 4.90 Å². The topological polar surface area (TPSA) is 32.3 Å². The zero-order valence-electron chi connectivity index (χ0n) is 12.2. The fraction of sp³-hybridized carbons (Fsp3) is 0.933. The Kier molecular flexibility index (Phi) is 4.31. The SMILES string of the molecule is CCCCC1NCN(C2CCCC(C)(C)C2)C1=O. The van der Waals surface area contributed by atoms with Crippen LogP contribution in [0.3, 0.4) is 0 Å². The standard InChI is InChI=1S/C15H28N2O/c1-4-5-8-13-14(18)17(11-16-13)12-7-6-9-15(2,3)10-12/h12-13,16H,4-11H2,1-3H3. The van der Waals surface area contributed by atoms with Gasteiger partial charge in [0.1, 0.15) is 0 Å². The van der Waals surface area contributed by atoms with Gasteiger partial charge in [-0.2, -0.15) is 0 Å². The summed E-state index contributed by atoms with van der Waals surface area (Å²) in [4.78, 5) is 14.5. The number of hydrogen-bond donors (Lipinski definition) is 1. The molecule has 0 bridgehead atoms. The second kappa shape index (κ2) is 5.60. The molecule has 18 heavy (non-hydrogen) atoms. The Balaban J connectivity index is 1.92. The average Bonchev–Trinajstić information content (AvgIpc) is 2.67. The number of carbonyl (C=O) groups is 1. The van der Waals surface area contributed by atoms with E-state index in [1.165, 1.54) is 32.1 Å². The average molecular weight is 252 g/mol. The van der Waals surface area contributed by atoms with E-state index in [1.807, 2.05) is 0 Å². The molecule has 0 aromatic carbocycles. The molecule has 1 aliphatic heterocycles. The Morgan fingerprint density at radius 2 is 2.22 bits per heavy atom. The summed E-state index contributed by atoms with van der Waals surface area (Å²) in [5.74, 6) is 0.353. The van der Waals surface area contributed by atoms with Gasteiger partial charge in [-0.25, -0.2) is 0 Å². The molecule has 1 aliphatic carbocycles. The van der Waals surface area contributed by atoms with Crippen LogP contribution in [0.15, 0.2) is 0 Å². The van der Waals surface area contributed by atoms with Gasteiger partial charge in [-0.05, 0) is 31.1 Å². The predicted octanol–water partition coefficient (Wildman–Crippen LogP) is 2.90. The van der Waals surface area contributed by atoms with Gasteiger partial charge in [-0.3, -0.25) is 10.1 Å². The fourth-order valence-corrected chi connectivity index (χ4v) is 3.44. The van der Waals surface area contributed by atoms with Crippen molar-refractivity contribution in [3.63, 3.8) is 0 Å². The number of amides is 1. The highest BCUT2D eigenvalue weighted by molar-refractivity contribution is 5.84. The number of rotatable bonds is 4. The maximum Gasteiger partial charge on any atom is 0.241 e. The molecule has 0 aromatic heterocycles. The van der Waals surface area contributed by atoms with Gasteiger partial charge in [0.15, 0.2) is 0 Å². The first-order chi connectivity index (χ1) is 8.53. The summed E-state index contributed by atoms with van der Waals surface area (Å²) in [6.45, 7) is 7.62. The third kappa shape index (κ3) is 3.05. The minimum absolute atomic E-state index is 0.0926. The van der Waals surface area contributed by atoms with E-state index in [0.717, 1.165) is 19.5 Å². The van der Waals surface area contributed by atoms with Crippen LogP contribution in [-0.4, -0.2) is 29.6 Å². The highest BCUT2D eigenvalue weighted by atomic mass is 16.2. The van der Waals surface area contributed by atoms with E-state index < -0.39 is 0 Å². The summed E-state index contributed by atoms with van der Waals surface area (Å²) in [6.07, 6.45) is 8.24. The smallest absolute Gasteiger partial charge is 0.241 e. The summed E-state index contributed by atoms with van der Waals surface area (Å²) in [5, 5.41) is 3.39. The Morgan fingerprint density at radius 3 is 2.89 bits per heavy atom. The first-order valence-corrected chi connectivity index (χ1v) is 7.57. The number of nitrogens with one attached hydrogen (secondary N) is 1. The first-order valence-electron chi connectivity index (χ1n) is 7.57. The molecule has 2 atom stereocenters. The van der Waals surface area contributed by atoms with Gasteiger partial charge in [0.2, 0.25) is 5.91 Å². The van der Waals surface area contributed by atoms with Crippen molar-refractivity contribution in [2.75, 3.05) is 6.67 Å². The summed E-state index contributed by atoms with van der Waals surface area (Å²) < 4.78 is 0. The van der Waals surface area contributed by atoms with Gasteiger partial charge in [0.25, 0.3) is 0 Å². The van der Waals surface area contributed by atoms with E-state index in [4.69, 9.17) is 0 Å². The lowest BCUT2D eigenvalue weighted by atomic mass is 9.75. The van der Waals surface area contributed by atoms with Gasteiger partial charge >= 0.3 is 0 Å². The predicted molar refractivity (Wildman–Crippen MR) is 74.2 cm³/mol. The third-order valence-electron chi connectivity index (χ3n) is 4.56. The van der Waals surface area contributed by atoms with Crippen molar-refractivity contribution >= 4 is 5.91 Å². The van der Waals surface area contributed by atoms with E-state index in [0.29, 0.717) is 17.4 Å². The molecule has 1 N–H and O–H groups in total. The van der Waals surface area contributed by atoms with Crippen molar-refractivity contribution in [1.29, 1.82) is 0 Å². The van der Waals surface area contributed by atoms with E-state index >= 15 is 0 Å². The maximum atomic E-state index is 12.4. The van der Waals surface area contributed by atoms with Crippen molar-refractivity contribution in [3.8, 4) is 0 Å². The normalized spacial score (nSPS) is 31.9. The summed E-state index contributed by atoms with van der Waals surface area (Å²) in [7, 11) is 0. The van der Waals surface area contributed by atoms with E-state index in [9.17, 15) is 4.79 Å². The molecule has 1 heterocycles. The van der Waals surface area contributed by atoms with Gasteiger partial charge in [0.05, 0.1) is 12.7 Å². The Bertz CT molecular complexity index is 301. The monoisotopic (exact) mass is 252 g/mol. The van der Waals surface area contributed by atoms with Crippen LogP contribution in [0.4, 0.5) is 0 Å². The Morgan fingerprint density at radius 1 is 1.44 bits per heavy atom. The molecule has 0 spiro atoms. The van der Waals surface area contributed by atoms with E-state index in [1.54, 1.807) is 0 Å². The Hall–Kier alpha value is -0.570. The van der Waals surface area contributed by atoms with Crippen molar-refractivity contribution in [2.24, 2.45) is 5.41 Å². The van der Waals surface area contributed by atoms with E-state index in [-0.39, 0.29) is 6.04 Å². The molecule has 2 rings (SSSR count). The van der Waals surface area contributed by atoms with Crippen molar-refractivity contribution < 1.29 is 4.79 Å². The second-order valence-corrected chi connectivity index (χ2v) is 6.78. The lowest BCUT2D eigenvalue weighted by Gasteiger charge is -2.39. The minimum atomic E-state index is 0.0926. The second-order valence-electron chi connectivity index (χ2n) is 6.78. The molecule has 1 saturated carbocycles. The van der Waals surface area contributed by atoms with E-state index in [2.05, 4.69) is 31.0 Å².